The Morgan fingerprint density at radius 2 is 1.80 bits per heavy atom. The van der Waals surface area contributed by atoms with E-state index in [9.17, 15) is 0 Å². The monoisotopic (exact) mass is 400 g/mol. The van der Waals surface area contributed by atoms with Crippen LogP contribution in [0.25, 0.3) is 0 Å². The van der Waals surface area contributed by atoms with E-state index in [-0.39, 0.29) is 24.0 Å². The van der Waals surface area contributed by atoms with Gasteiger partial charge in [0.25, 0.3) is 0 Å². The minimum atomic E-state index is 0. The van der Waals surface area contributed by atoms with Gasteiger partial charge in [0.15, 0.2) is 5.96 Å². The zero-order valence-electron chi connectivity index (χ0n) is 13.7. The third-order valence-corrected chi connectivity index (χ3v) is 2.68. The van der Waals surface area contributed by atoms with Crippen LogP contribution >= 0.6 is 24.0 Å². The normalized spacial score (nSPS) is 11.7. The van der Waals surface area contributed by atoms with Crippen molar-refractivity contribution in [3.63, 3.8) is 0 Å². The first kappa shape index (κ1) is 22.2. The lowest BCUT2D eigenvalue weighted by molar-refractivity contribution is 0.128. The van der Waals surface area contributed by atoms with E-state index in [4.69, 9.17) is 4.74 Å². The average Bonchev–Trinajstić information content (AvgIpc) is 2.35. The molecule has 20 heavy (non-hydrogen) atoms. The van der Waals surface area contributed by atoms with Crippen molar-refractivity contribution in [2.75, 3.05) is 54.0 Å². The van der Waals surface area contributed by atoms with Gasteiger partial charge in [-0.2, -0.15) is 0 Å². The fourth-order valence-electron chi connectivity index (χ4n) is 1.49. The molecule has 122 valence electrons. The molecule has 0 unspecified atom stereocenters. The molecule has 0 spiro atoms. The van der Waals surface area contributed by atoms with Crippen LogP contribution in [-0.4, -0.2) is 64.9 Å². The molecule has 0 aliphatic heterocycles. The van der Waals surface area contributed by atoms with Gasteiger partial charge in [-0.3, -0.25) is 4.99 Å². The molecule has 6 heteroatoms. The van der Waals surface area contributed by atoms with Gasteiger partial charge in [0.1, 0.15) is 0 Å². The Hall–Kier alpha value is -0.0800. The zero-order chi connectivity index (χ0) is 14.5. The third-order valence-electron chi connectivity index (χ3n) is 2.68. The first-order chi connectivity index (χ1) is 9.06. The molecule has 0 aromatic rings. The second-order valence-electron chi connectivity index (χ2n) is 5.38. The summed E-state index contributed by atoms with van der Waals surface area (Å²) in [5.74, 6) is 1.56. The second-order valence-corrected chi connectivity index (χ2v) is 5.38. The van der Waals surface area contributed by atoms with Gasteiger partial charge in [-0.1, -0.05) is 13.8 Å². The Labute approximate surface area is 141 Å². The number of nitrogens with one attached hydrogen (secondary N) is 2. The Morgan fingerprint density at radius 3 is 2.35 bits per heavy atom. The minimum Gasteiger partial charge on any atom is -0.380 e. The van der Waals surface area contributed by atoms with Gasteiger partial charge in [-0.15, -0.1) is 24.0 Å². The molecular formula is C14H33IN4O. The smallest absolute Gasteiger partial charge is 0.191 e. The summed E-state index contributed by atoms with van der Waals surface area (Å²) in [5.41, 5.74) is 0. The van der Waals surface area contributed by atoms with Crippen molar-refractivity contribution < 1.29 is 4.74 Å². The largest absolute Gasteiger partial charge is 0.380 e. The summed E-state index contributed by atoms with van der Waals surface area (Å²) in [6, 6.07) is 0. The molecule has 0 saturated heterocycles. The highest BCUT2D eigenvalue weighted by Gasteiger charge is 1.98. The lowest BCUT2D eigenvalue weighted by Crippen LogP contribution is -2.40. The van der Waals surface area contributed by atoms with Crippen LogP contribution in [0.4, 0.5) is 0 Å². The summed E-state index contributed by atoms with van der Waals surface area (Å²) in [5, 5.41) is 6.54. The number of ether oxygens (including phenoxy) is 1. The molecule has 0 rings (SSSR count). The molecule has 0 saturated carbocycles. The number of rotatable bonds is 10. The van der Waals surface area contributed by atoms with E-state index in [1.165, 1.54) is 0 Å². The fourth-order valence-corrected chi connectivity index (χ4v) is 1.49. The highest BCUT2D eigenvalue weighted by Crippen LogP contribution is 1.98. The Balaban J connectivity index is 0. The van der Waals surface area contributed by atoms with Crippen LogP contribution in [0.15, 0.2) is 4.99 Å². The van der Waals surface area contributed by atoms with E-state index < -0.39 is 0 Å². The summed E-state index contributed by atoms with van der Waals surface area (Å²) in [7, 11) is 5.96. The molecule has 2 N–H and O–H groups in total. The quantitative estimate of drug-likeness (QED) is 0.254. The lowest BCUT2D eigenvalue weighted by atomic mass is 10.1. The van der Waals surface area contributed by atoms with Gasteiger partial charge in [0.05, 0.1) is 6.61 Å². The second kappa shape index (κ2) is 15.3. The Kier molecular flexibility index (Phi) is 17.0. The van der Waals surface area contributed by atoms with Gasteiger partial charge in [0, 0.05) is 26.7 Å². The number of aliphatic imine (C=N–C) groups is 1. The summed E-state index contributed by atoms with van der Waals surface area (Å²) in [6.07, 6.45) is 2.23. The van der Waals surface area contributed by atoms with Gasteiger partial charge in [-0.25, -0.2) is 0 Å². The van der Waals surface area contributed by atoms with Gasteiger partial charge >= 0.3 is 0 Å². The van der Waals surface area contributed by atoms with Crippen molar-refractivity contribution in [1.82, 2.24) is 15.5 Å². The summed E-state index contributed by atoms with van der Waals surface area (Å²) < 4.78 is 5.54. The molecule has 0 heterocycles. The maximum absolute atomic E-state index is 5.54. The van der Waals surface area contributed by atoms with Crippen LogP contribution in [0.5, 0.6) is 0 Å². The maximum Gasteiger partial charge on any atom is 0.191 e. The van der Waals surface area contributed by atoms with Crippen LogP contribution in [-0.2, 0) is 4.74 Å². The molecule has 0 amide bonds. The van der Waals surface area contributed by atoms with Crippen molar-refractivity contribution in [1.29, 1.82) is 0 Å². The molecule has 0 bridgehead atoms. The van der Waals surface area contributed by atoms with E-state index in [1.54, 1.807) is 7.05 Å². The highest BCUT2D eigenvalue weighted by molar-refractivity contribution is 14.0. The van der Waals surface area contributed by atoms with E-state index in [2.05, 4.69) is 48.5 Å². The number of halogens is 1. The minimum absolute atomic E-state index is 0. The highest BCUT2D eigenvalue weighted by atomic mass is 127. The Bertz CT molecular complexity index is 235. The molecule has 0 aromatic heterocycles. The van der Waals surface area contributed by atoms with E-state index in [0.29, 0.717) is 5.92 Å². The average molecular weight is 400 g/mol. The van der Waals surface area contributed by atoms with E-state index in [0.717, 1.165) is 51.6 Å². The number of hydrogen-bond donors (Lipinski definition) is 2. The topological polar surface area (TPSA) is 48.9 Å². The van der Waals surface area contributed by atoms with Crippen LogP contribution in [0, 0.1) is 5.92 Å². The molecule has 0 aliphatic carbocycles. The van der Waals surface area contributed by atoms with Crippen LogP contribution < -0.4 is 10.6 Å². The van der Waals surface area contributed by atoms with Gasteiger partial charge in [0.2, 0.25) is 0 Å². The van der Waals surface area contributed by atoms with Crippen LogP contribution in [0.3, 0.4) is 0 Å². The first-order valence-electron chi connectivity index (χ1n) is 7.23. The molecular weight excluding hydrogens is 367 g/mol. The van der Waals surface area contributed by atoms with Crippen molar-refractivity contribution in [3.8, 4) is 0 Å². The van der Waals surface area contributed by atoms with Crippen molar-refractivity contribution in [2.45, 2.75) is 26.7 Å². The van der Waals surface area contributed by atoms with Crippen molar-refractivity contribution in [3.05, 3.63) is 0 Å². The standard InChI is InChI=1S/C14H32N4O.HI/c1-13(2)7-11-19-12-9-17-14(15-3)16-8-6-10-18(4)5;/h13H,6-12H2,1-5H3,(H2,15,16,17);1H. The lowest BCUT2D eigenvalue weighted by Gasteiger charge is -2.13. The number of nitrogens with zero attached hydrogens (tertiary/aromatic N) is 2. The molecule has 0 atom stereocenters. The molecule has 5 nitrogen and oxygen atoms in total. The first-order valence-corrected chi connectivity index (χ1v) is 7.23. The van der Waals surface area contributed by atoms with Crippen LogP contribution in [0.2, 0.25) is 0 Å². The molecule has 0 radical (unpaired) electrons. The molecule has 0 aliphatic rings. The number of hydrogen-bond acceptors (Lipinski definition) is 3. The van der Waals surface area contributed by atoms with Gasteiger partial charge in [-0.05, 0) is 39.4 Å². The number of guanidine groups is 1. The summed E-state index contributed by atoms with van der Waals surface area (Å²) >= 11 is 0. The predicted molar refractivity (Wildman–Crippen MR) is 98.2 cm³/mol. The van der Waals surface area contributed by atoms with Gasteiger partial charge < -0.3 is 20.3 Å². The molecule has 0 aromatic carbocycles. The van der Waals surface area contributed by atoms with Crippen molar-refractivity contribution in [2.24, 2.45) is 10.9 Å². The molecule has 0 fully saturated rings. The Morgan fingerprint density at radius 1 is 1.15 bits per heavy atom. The fraction of sp³-hybridized carbons (Fsp3) is 0.929. The maximum atomic E-state index is 5.54. The van der Waals surface area contributed by atoms with Crippen LogP contribution in [0.1, 0.15) is 26.7 Å². The summed E-state index contributed by atoms with van der Waals surface area (Å²) in [6.45, 7) is 8.81. The SMILES string of the molecule is CN=C(NCCCN(C)C)NCCOCCC(C)C.I. The summed E-state index contributed by atoms with van der Waals surface area (Å²) in [4.78, 5) is 6.36. The van der Waals surface area contributed by atoms with E-state index >= 15 is 0 Å². The van der Waals surface area contributed by atoms with E-state index in [1.807, 2.05) is 0 Å². The zero-order valence-corrected chi connectivity index (χ0v) is 16.1. The third kappa shape index (κ3) is 16.0. The predicted octanol–water partition coefficient (Wildman–Crippen LogP) is 1.78. The van der Waals surface area contributed by atoms with Crippen molar-refractivity contribution >= 4 is 29.9 Å².